The number of amides is 4. The van der Waals surface area contributed by atoms with Gasteiger partial charge in [-0.15, -0.1) is 0 Å². The lowest BCUT2D eigenvalue weighted by Gasteiger charge is -2.34. The largest absolute Gasteiger partial charge is 0.544 e. The fourth-order valence-electron chi connectivity index (χ4n) is 12.3. The number of benzene rings is 8. The summed E-state index contributed by atoms with van der Waals surface area (Å²) in [5, 5.41) is 7.33. The molecule has 0 saturated carbocycles. The van der Waals surface area contributed by atoms with Crippen molar-refractivity contribution in [1.82, 2.24) is 9.80 Å². The average molecular weight is 1650 g/mol. The van der Waals surface area contributed by atoms with E-state index in [0.717, 1.165) is 63.4 Å². The van der Waals surface area contributed by atoms with Gasteiger partial charge in [-0.2, -0.15) is 0 Å². The Morgan fingerprint density at radius 3 is 1.04 bits per heavy atom. The molecule has 8 aromatic carbocycles. The molecular formula is C78H92F2I2N4O10Si4. The van der Waals surface area contributed by atoms with Crippen LogP contribution in [0.15, 0.2) is 206 Å². The van der Waals surface area contributed by atoms with Crippen molar-refractivity contribution in [3.05, 3.63) is 258 Å². The second-order valence-corrected chi connectivity index (χ2v) is 49.4. The van der Waals surface area contributed by atoms with Crippen LogP contribution in [0.25, 0.3) is 0 Å². The third-order valence-electron chi connectivity index (χ3n) is 16.6. The second kappa shape index (κ2) is 34.3. The first-order valence-electron chi connectivity index (χ1n) is 33.9. The number of nitrogens with zero attached hydrogens (tertiary/aromatic N) is 2. The number of cyclic esters (lactones) is 2. The maximum Gasteiger partial charge on any atom is 0.417 e. The first-order valence-corrected chi connectivity index (χ1v) is 49.7. The number of ether oxygens (including phenoxy) is 2. The van der Waals surface area contributed by atoms with E-state index in [9.17, 15) is 18.4 Å². The first-order chi connectivity index (χ1) is 47.3. The number of anilines is 2. The molecule has 4 amide bonds. The van der Waals surface area contributed by atoms with Crippen LogP contribution in [-0.2, 0) is 27.9 Å². The summed E-state index contributed by atoms with van der Waals surface area (Å²) >= 11 is 4.54. The summed E-state index contributed by atoms with van der Waals surface area (Å²) in [6.45, 7) is 25.6. The predicted octanol–water partition coefficient (Wildman–Crippen LogP) is 21.0. The minimum absolute atomic E-state index is 0.0796. The maximum atomic E-state index is 15.0. The molecule has 8 atom stereocenters. The topological polar surface area (TPSA) is 154 Å². The zero-order chi connectivity index (χ0) is 72.1. The SMILES string of the molecule is C[Si](C)(C)Oc1ccc([C@@H](Nc2ccc(I)cc2)[C@@H](CC[C@H](O[Si](C)(C)C)c2ccc(F)cc2)C(=O)N2C(=O)OC[C@@H]2c2ccccc2)cc1.C[Si](C)(C)Oc1ccc([C@@H](Nc2ccc(I)cc2)[C@@H](CC[C@H](O[Si](C)(C)C)c2ccc(F)cc2)C(=O)N2C(=O)OC[C@@H]2c2ccccc2)cc1. The highest BCUT2D eigenvalue weighted by molar-refractivity contribution is 14.1. The molecule has 0 aromatic heterocycles. The van der Waals surface area contributed by atoms with E-state index in [2.05, 4.69) is 134 Å². The van der Waals surface area contributed by atoms with Crippen molar-refractivity contribution in [3.8, 4) is 11.5 Å². The Morgan fingerprint density at radius 1 is 0.430 bits per heavy atom. The average Bonchev–Trinajstić information content (AvgIpc) is 1.43. The fourth-order valence-corrected chi connectivity index (χ4v) is 16.9. The van der Waals surface area contributed by atoms with E-state index >= 15 is 9.59 Å². The zero-order valence-electron chi connectivity index (χ0n) is 59.0. The highest BCUT2D eigenvalue weighted by Crippen LogP contribution is 2.43. The van der Waals surface area contributed by atoms with Crippen LogP contribution in [0.4, 0.5) is 29.7 Å². The first kappa shape index (κ1) is 77.1. The van der Waals surface area contributed by atoms with Gasteiger partial charge >= 0.3 is 12.2 Å². The predicted molar refractivity (Wildman–Crippen MR) is 419 cm³/mol. The molecule has 2 saturated heterocycles. The van der Waals surface area contributed by atoms with Crippen molar-refractivity contribution in [3.63, 3.8) is 0 Å². The van der Waals surface area contributed by atoms with Crippen LogP contribution >= 0.6 is 45.2 Å². The normalized spacial score (nSPS) is 16.8. The van der Waals surface area contributed by atoms with Crippen molar-refractivity contribution < 1.29 is 55.1 Å². The summed E-state index contributed by atoms with van der Waals surface area (Å²) in [4.78, 5) is 59.4. The van der Waals surface area contributed by atoms with E-state index in [-0.39, 0.29) is 48.9 Å². The minimum atomic E-state index is -2.08. The number of nitrogens with one attached hydrogen (secondary N) is 2. The van der Waals surface area contributed by atoms with Gasteiger partial charge in [0.05, 0.1) is 36.1 Å². The molecule has 0 radical (unpaired) electrons. The number of carbonyl (C=O) groups is 4. The van der Waals surface area contributed by atoms with Crippen LogP contribution in [0.1, 0.15) is 95.4 Å². The van der Waals surface area contributed by atoms with Crippen molar-refractivity contribution in [2.24, 2.45) is 11.8 Å². The fraction of sp³-hybridized carbons (Fsp3) is 0.333. The van der Waals surface area contributed by atoms with E-state index in [1.165, 1.54) is 34.1 Å². The van der Waals surface area contributed by atoms with Gasteiger partial charge in [0.15, 0.2) is 16.6 Å². The third kappa shape index (κ3) is 22.5. The summed E-state index contributed by atoms with van der Waals surface area (Å²) in [5.41, 5.74) is 6.77. The zero-order valence-corrected chi connectivity index (χ0v) is 67.3. The molecule has 0 spiro atoms. The highest BCUT2D eigenvalue weighted by atomic mass is 127. The number of halogens is 4. The van der Waals surface area contributed by atoms with Gasteiger partial charge in [-0.1, -0.05) is 109 Å². The van der Waals surface area contributed by atoms with Gasteiger partial charge in [-0.25, -0.2) is 28.2 Å². The molecule has 2 N–H and O–H groups in total. The molecule has 528 valence electrons. The Balaban J connectivity index is 0.000000233. The van der Waals surface area contributed by atoms with Gasteiger partial charge in [0.1, 0.15) is 48.4 Å². The van der Waals surface area contributed by atoms with Crippen molar-refractivity contribution >= 4 is 114 Å². The molecule has 2 fully saturated rings. The maximum absolute atomic E-state index is 15.0. The molecule has 2 aliphatic heterocycles. The quantitative estimate of drug-likeness (QED) is 0.0354. The molecule has 100 heavy (non-hydrogen) atoms. The monoisotopic (exact) mass is 1650 g/mol. The number of hydrogen-bond donors (Lipinski definition) is 2. The third-order valence-corrected chi connectivity index (χ3v) is 21.8. The van der Waals surface area contributed by atoms with Gasteiger partial charge in [0.25, 0.3) is 0 Å². The van der Waals surface area contributed by atoms with Crippen LogP contribution in [0, 0.1) is 30.6 Å². The van der Waals surface area contributed by atoms with Gasteiger partial charge in [0, 0.05) is 18.5 Å². The van der Waals surface area contributed by atoms with Gasteiger partial charge in [-0.05, 0) is 280 Å². The van der Waals surface area contributed by atoms with E-state index in [0.29, 0.717) is 25.7 Å². The smallest absolute Gasteiger partial charge is 0.417 e. The minimum Gasteiger partial charge on any atom is -0.544 e. The molecule has 0 aliphatic carbocycles. The highest BCUT2D eigenvalue weighted by Gasteiger charge is 2.47. The number of hydrogen-bond acceptors (Lipinski definition) is 12. The molecule has 0 unspecified atom stereocenters. The van der Waals surface area contributed by atoms with Crippen LogP contribution in [0.3, 0.4) is 0 Å². The van der Waals surface area contributed by atoms with Gasteiger partial charge < -0.3 is 37.8 Å². The van der Waals surface area contributed by atoms with E-state index in [1.807, 2.05) is 158 Å². The van der Waals surface area contributed by atoms with Gasteiger partial charge in [0.2, 0.25) is 28.4 Å². The van der Waals surface area contributed by atoms with Gasteiger partial charge in [-0.3, -0.25) is 9.59 Å². The molecule has 0 bridgehead atoms. The molecule has 2 heterocycles. The van der Waals surface area contributed by atoms with Crippen LogP contribution in [0.2, 0.25) is 78.6 Å². The van der Waals surface area contributed by atoms with Crippen LogP contribution in [0.5, 0.6) is 11.5 Å². The Hall–Kier alpha value is -7.05. The van der Waals surface area contributed by atoms with Crippen LogP contribution in [-0.4, -0.2) is 80.3 Å². The second-order valence-electron chi connectivity index (χ2n) is 29.2. The number of rotatable bonds is 28. The summed E-state index contributed by atoms with van der Waals surface area (Å²) < 4.78 is 67.1. The Labute approximate surface area is 620 Å². The van der Waals surface area contributed by atoms with E-state index in [4.69, 9.17) is 27.2 Å². The summed E-state index contributed by atoms with van der Waals surface area (Å²) in [7, 11) is -7.88. The Morgan fingerprint density at radius 2 is 0.740 bits per heavy atom. The summed E-state index contributed by atoms with van der Waals surface area (Å²) in [5.74, 6) is -1.21. The lowest BCUT2D eigenvalue weighted by atomic mass is 9.85. The molecule has 14 nitrogen and oxygen atoms in total. The van der Waals surface area contributed by atoms with Crippen molar-refractivity contribution in [1.29, 1.82) is 0 Å². The number of imide groups is 2. The van der Waals surface area contributed by atoms with E-state index in [1.54, 1.807) is 24.3 Å². The lowest BCUT2D eigenvalue weighted by Crippen LogP contribution is -2.42. The molecule has 8 aromatic rings. The summed E-state index contributed by atoms with van der Waals surface area (Å²) in [6, 6.07) is 61.4. The van der Waals surface area contributed by atoms with Crippen LogP contribution < -0.4 is 19.5 Å². The Kier molecular flexibility index (Phi) is 26.4. The van der Waals surface area contributed by atoms with Crippen molar-refractivity contribution in [2.45, 2.75) is 141 Å². The molecular weight excluding hydrogens is 1560 g/mol. The number of carbonyl (C=O) groups excluding carboxylic acids is 4. The Bertz CT molecular complexity index is 3720. The molecule has 22 heteroatoms. The van der Waals surface area contributed by atoms with E-state index < -0.39 is 81.5 Å². The van der Waals surface area contributed by atoms with Crippen molar-refractivity contribution in [2.75, 3.05) is 23.8 Å². The lowest BCUT2D eigenvalue weighted by molar-refractivity contribution is -0.135. The summed E-state index contributed by atoms with van der Waals surface area (Å²) in [6.07, 6.45) is -0.403. The molecule has 2 aliphatic rings. The standard InChI is InChI=1S/2C39H46FIN2O5Si2/c2*1-49(2,3)47-33-22-14-29(15-23-33)37(42-32-20-18-31(41)19-21-32)34(24-25-36(48-50(4,5)6)28-12-16-30(40)17-13-28)38(44)43-35(26-46-39(43)45)27-10-8-7-9-11-27/h2*7-23,34-37,42H,24-26H2,1-6H3/t2*34-,35-,36+,37-/m11/s1. The molecule has 10 rings (SSSR count).